The lowest BCUT2D eigenvalue weighted by molar-refractivity contribution is -0.117. The maximum Gasteiger partial charge on any atom is 0.488 e. The predicted molar refractivity (Wildman–Crippen MR) is 107 cm³/mol. The van der Waals surface area contributed by atoms with Gasteiger partial charge in [-0.3, -0.25) is 4.79 Å². The highest BCUT2D eigenvalue weighted by atomic mass is 16.4. The molecule has 5 heteroatoms. The molecule has 0 aliphatic heterocycles. The van der Waals surface area contributed by atoms with Crippen molar-refractivity contribution < 1.29 is 14.8 Å². The number of hydrogen-bond donors (Lipinski definition) is 3. The number of carbonyl (C=O) groups is 1. The zero-order valence-corrected chi connectivity index (χ0v) is 16.6. The molecule has 1 unspecified atom stereocenters. The van der Waals surface area contributed by atoms with Gasteiger partial charge in [-0.15, -0.1) is 0 Å². The highest BCUT2D eigenvalue weighted by molar-refractivity contribution is 6.51. The third kappa shape index (κ3) is 9.47. The van der Waals surface area contributed by atoms with E-state index >= 15 is 0 Å². The molecule has 0 saturated heterocycles. The molecule has 0 spiro atoms. The third-order valence-corrected chi connectivity index (χ3v) is 4.06. The standard InChI is InChI=1S/C20H34BNO3/c1-9-15(11-12-17(10-2)21(24)25)18(23)22-14-16(20(6,7)8)13-19(3,4)5/h9-12,16,24-25H,1-2,13-14H2,3-8H3,(H,22,23)/b15-11+,17-12+. The molecule has 0 heterocycles. The van der Waals surface area contributed by atoms with Crippen molar-refractivity contribution in [1.82, 2.24) is 5.32 Å². The molecule has 0 aliphatic rings. The van der Waals surface area contributed by atoms with Crippen LogP contribution in [0.3, 0.4) is 0 Å². The molecule has 0 rings (SSSR count). The highest BCUT2D eigenvalue weighted by Crippen LogP contribution is 2.35. The van der Waals surface area contributed by atoms with E-state index < -0.39 is 7.12 Å². The zero-order valence-electron chi connectivity index (χ0n) is 16.6. The molecule has 0 fully saturated rings. The summed E-state index contributed by atoms with van der Waals surface area (Å²) in [6, 6.07) is 0. The fourth-order valence-corrected chi connectivity index (χ4v) is 2.42. The molecule has 0 radical (unpaired) electrons. The maximum atomic E-state index is 12.4. The smallest absolute Gasteiger partial charge is 0.423 e. The average molecular weight is 347 g/mol. The Bertz CT molecular complexity index is 534. The van der Waals surface area contributed by atoms with Gasteiger partial charge in [0.2, 0.25) is 0 Å². The first-order valence-electron chi connectivity index (χ1n) is 8.63. The van der Waals surface area contributed by atoms with Crippen LogP contribution in [0.5, 0.6) is 0 Å². The molecular formula is C20H34BNO3. The quantitative estimate of drug-likeness (QED) is 0.358. The molecule has 0 saturated carbocycles. The van der Waals surface area contributed by atoms with Gasteiger partial charge in [-0.2, -0.15) is 0 Å². The first kappa shape index (κ1) is 23.4. The monoisotopic (exact) mass is 347 g/mol. The average Bonchev–Trinajstić information content (AvgIpc) is 2.45. The van der Waals surface area contributed by atoms with Gasteiger partial charge in [-0.25, -0.2) is 0 Å². The van der Waals surface area contributed by atoms with Gasteiger partial charge in [-0.05, 0) is 34.7 Å². The second kappa shape index (κ2) is 9.78. The van der Waals surface area contributed by atoms with Gasteiger partial charge in [0, 0.05) is 12.1 Å². The van der Waals surface area contributed by atoms with Crippen LogP contribution in [0.2, 0.25) is 0 Å². The van der Waals surface area contributed by atoms with Crippen LogP contribution in [0, 0.1) is 16.7 Å². The van der Waals surface area contributed by atoms with Crippen LogP contribution in [0.15, 0.2) is 48.5 Å². The van der Waals surface area contributed by atoms with E-state index in [1.807, 2.05) is 0 Å². The fourth-order valence-electron chi connectivity index (χ4n) is 2.42. The van der Waals surface area contributed by atoms with Crippen molar-refractivity contribution in [3.8, 4) is 0 Å². The van der Waals surface area contributed by atoms with E-state index in [2.05, 4.69) is 60.0 Å². The number of hydrogen-bond acceptors (Lipinski definition) is 3. The molecule has 25 heavy (non-hydrogen) atoms. The summed E-state index contributed by atoms with van der Waals surface area (Å²) in [5.74, 6) is 0.103. The first-order valence-corrected chi connectivity index (χ1v) is 8.63. The van der Waals surface area contributed by atoms with Crippen LogP contribution in [0.4, 0.5) is 0 Å². The summed E-state index contributed by atoms with van der Waals surface area (Å²) in [6.07, 6.45) is 6.74. The molecule has 0 aromatic carbocycles. The summed E-state index contributed by atoms with van der Waals surface area (Å²) in [4.78, 5) is 12.4. The van der Waals surface area contributed by atoms with Gasteiger partial charge in [0.05, 0.1) is 0 Å². The van der Waals surface area contributed by atoms with E-state index in [0.717, 1.165) is 6.42 Å². The second-order valence-electron chi connectivity index (χ2n) is 8.61. The Morgan fingerprint density at radius 3 is 2.00 bits per heavy atom. The Labute approximate surface area is 153 Å². The summed E-state index contributed by atoms with van der Waals surface area (Å²) >= 11 is 0. The Kier molecular flexibility index (Phi) is 9.16. The molecule has 1 atom stereocenters. The molecule has 0 aliphatic carbocycles. The Morgan fingerprint density at radius 2 is 1.64 bits per heavy atom. The van der Waals surface area contributed by atoms with Crippen molar-refractivity contribution in [2.75, 3.05) is 6.54 Å². The Morgan fingerprint density at radius 1 is 1.08 bits per heavy atom. The summed E-state index contributed by atoms with van der Waals surface area (Å²) < 4.78 is 0. The minimum atomic E-state index is -1.63. The van der Waals surface area contributed by atoms with Crippen LogP contribution in [-0.2, 0) is 4.79 Å². The van der Waals surface area contributed by atoms with Gasteiger partial charge in [0.15, 0.2) is 0 Å². The Balaban J connectivity index is 5.14. The fraction of sp³-hybridized carbons (Fsp3) is 0.550. The van der Waals surface area contributed by atoms with Crippen LogP contribution < -0.4 is 5.32 Å². The Hall–Kier alpha value is -1.59. The number of allylic oxidation sites excluding steroid dienone is 4. The topological polar surface area (TPSA) is 69.6 Å². The molecular weight excluding hydrogens is 313 g/mol. The van der Waals surface area contributed by atoms with Crippen molar-refractivity contribution in [3.05, 3.63) is 48.5 Å². The van der Waals surface area contributed by atoms with E-state index in [4.69, 9.17) is 0 Å². The van der Waals surface area contributed by atoms with Gasteiger partial charge in [-0.1, -0.05) is 72.9 Å². The normalized spacial score (nSPS) is 14.7. The molecule has 1 amide bonds. The molecule has 0 aromatic heterocycles. The number of amides is 1. The van der Waals surface area contributed by atoms with Gasteiger partial charge < -0.3 is 15.4 Å². The van der Waals surface area contributed by atoms with Crippen molar-refractivity contribution in [3.63, 3.8) is 0 Å². The number of rotatable bonds is 8. The highest BCUT2D eigenvalue weighted by Gasteiger charge is 2.29. The number of nitrogens with one attached hydrogen (secondary N) is 1. The first-order chi connectivity index (χ1) is 11.3. The van der Waals surface area contributed by atoms with E-state index in [9.17, 15) is 14.8 Å². The summed E-state index contributed by atoms with van der Waals surface area (Å²) in [7, 11) is -1.63. The molecule has 0 aromatic rings. The predicted octanol–water partition coefficient (Wildman–Crippen LogP) is 3.44. The van der Waals surface area contributed by atoms with Gasteiger partial charge in [0.1, 0.15) is 0 Å². The molecule has 140 valence electrons. The largest absolute Gasteiger partial charge is 0.488 e. The van der Waals surface area contributed by atoms with E-state index in [1.165, 1.54) is 24.3 Å². The summed E-state index contributed by atoms with van der Waals surface area (Å²) in [6.45, 7) is 20.9. The lowest BCUT2D eigenvalue weighted by atomic mass is 9.72. The van der Waals surface area contributed by atoms with Crippen molar-refractivity contribution in [2.45, 2.75) is 48.0 Å². The van der Waals surface area contributed by atoms with Crippen LogP contribution in [-0.4, -0.2) is 29.6 Å². The zero-order chi connectivity index (χ0) is 19.8. The van der Waals surface area contributed by atoms with Crippen molar-refractivity contribution in [2.24, 2.45) is 16.7 Å². The molecule has 0 bridgehead atoms. The van der Waals surface area contributed by atoms with Gasteiger partial charge in [0.25, 0.3) is 5.91 Å². The van der Waals surface area contributed by atoms with Crippen LogP contribution in [0.1, 0.15) is 48.0 Å². The number of carbonyl (C=O) groups excluding carboxylic acids is 1. The van der Waals surface area contributed by atoms with E-state index in [0.29, 0.717) is 18.0 Å². The minimum Gasteiger partial charge on any atom is -0.423 e. The van der Waals surface area contributed by atoms with E-state index in [-0.39, 0.29) is 22.2 Å². The van der Waals surface area contributed by atoms with Crippen LogP contribution >= 0.6 is 0 Å². The van der Waals surface area contributed by atoms with Crippen LogP contribution in [0.25, 0.3) is 0 Å². The second-order valence-corrected chi connectivity index (χ2v) is 8.61. The summed E-state index contributed by atoms with van der Waals surface area (Å²) in [5, 5.41) is 21.3. The third-order valence-electron chi connectivity index (χ3n) is 4.06. The minimum absolute atomic E-state index is 0.0789. The van der Waals surface area contributed by atoms with Gasteiger partial charge >= 0.3 is 7.12 Å². The van der Waals surface area contributed by atoms with E-state index in [1.54, 1.807) is 0 Å². The van der Waals surface area contributed by atoms with Crippen molar-refractivity contribution >= 4 is 13.0 Å². The SMILES string of the molecule is C=C/C(=C\C=C(/C=C)C(=O)NCC(CC(C)(C)C)C(C)(C)C)B(O)O. The molecule has 4 nitrogen and oxygen atoms in total. The maximum absolute atomic E-state index is 12.4. The lowest BCUT2D eigenvalue weighted by Gasteiger charge is -2.35. The van der Waals surface area contributed by atoms with Crippen molar-refractivity contribution in [1.29, 1.82) is 0 Å². The lowest BCUT2D eigenvalue weighted by Crippen LogP contribution is -2.37. The summed E-state index contributed by atoms with van der Waals surface area (Å²) in [5.41, 5.74) is 0.838. The molecule has 3 N–H and O–H groups in total.